The zero-order chi connectivity index (χ0) is 20.5. The highest BCUT2D eigenvalue weighted by Gasteiger charge is 2.22. The number of halogens is 1. The molecule has 3 rings (SSSR count). The minimum atomic E-state index is 0. The number of para-hydroxylation sites is 1. The molecule has 6 nitrogen and oxygen atoms in total. The Morgan fingerprint density at radius 2 is 1.77 bits per heavy atom. The minimum Gasteiger partial charge on any atom is -0.497 e. The lowest BCUT2D eigenvalue weighted by atomic mass is 10.1. The van der Waals surface area contributed by atoms with E-state index < -0.39 is 0 Å². The standard InChI is InChI=1S/C23H31N3O3.HI/c1-24-23(25-14-11-18-17-21(27-2)9-10-22(18)28-3)26-15-12-20(13-16-26)29-19-7-5-4-6-8-19;/h4-10,17,20H,11-16H2,1-3H3,(H,24,25);1H. The number of methoxy groups -OCH3 is 2. The molecule has 2 aromatic carbocycles. The summed E-state index contributed by atoms with van der Waals surface area (Å²) in [5.41, 5.74) is 1.12. The summed E-state index contributed by atoms with van der Waals surface area (Å²) in [5.74, 6) is 3.60. The molecular weight excluding hydrogens is 493 g/mol. The van der Waals surface area contributed by atoms with Crippen molar-refractivity contribution < 1.29 is 14.2 Å². The van der Waals surface area contributed by atoms with Crippen molar-refractivity contribution in [1.82, 2.24) is 10.2 Å². The van der Waals surface area contributed by atoms with Gasteiger partial charge in [-0.2, -0.15) is 0 Å². The van der Waals surface area contributed by atoms with Crippen molar-refractivity contribution in [3.63, 3.8) is 0 Å². The van der Waals surface area contributed by atoms with Crippen LogP contribution in [-0.2, 0) is 6.42 Å². The third-order valence-corrected chi connectivity index (χ3v) is 5.16. The molecule has 0 saturated carbocycles. The molecule has 1 heterocycles. The fraction of sp³-hybridized carbons (Fsp3) is 0.435. The van der Waals surface area contributed by atoms with Gasteiger partial charge in [-0.1, -0.05) is 18.2 Å². The zero-order valence-electron chi connectivity index (χ0n) is 18.0. The molecule has 0 unspecified atom stereocenters. The molecule has 1 N–H and O–H groups in total. The first kappa shape index (κ1) is 24.1. The van der Waals surface area contributed by atoms with Crippen LogP contribution in [0, 0.1) is 0 Å². The fourth-order valence-corrected chi connectivity index (χ4v) is 3.60. The molecular formula is C23H32IN3O3. The van der Waals surface area contributed by atoms with Crippen LogP contribution in [0.2, 0.25) is 0 Å². The molecule has 1 fully saturated rings. The Kier molecular flexibility index (Phi) is 10.1. The van der Waals surface area contributed by atoms with Crippen molar-refractivity contribution in [3.8, 4) is 17.2 Å². The number of piperidine rings is 1. The number of nitrogens with zero attached hydrogens (tertiary/aromatic N) is 2. The number of nitrogens with one attached hydrogen (secondary N) is 1. The van der Waals surface area contributed by atoms with E-state index in [-0.39, 0.29) is 30.1 Å². The topological polar surface area (TPSA) is 55.3 Å². The van der Waals surface area contributed by atoms with Gasteiger partial charge >= 0.3 is 0 Å². The summed E-state index contributed by atoms with van der Waals surface area (Å²) in [6, 6.07) is 15.9. The summed E-state index contributed by atoms with van der Waals surface area (Å²) in [7, 11) is 5.21. The molecule has 0 amide bonds. The summed E-state index contributed by atoms with van der Waals surface area (Å²) in [5, 5.41) is 3.48. The molecule has 2 aromatic rings. The average molecular weight is 525 g/mol. The molecule has 1 aliphatic rings. The number of benzene rings is 2. The number of likely N-dealkylation sites (tertiary alicyclic amines) is 1. The van der Waals surface area contributed by atoms with Crippen LogP contribution in [0.3, 0.4) is 0 Å². The van der Waals surface area contributed by atoms with Gasteiger partial charge < -0.3 is 24.4 Å². The lowest BCUT2D eigenvalue weighted by Crippen LogP contribution is -2.47. The number of hydrogen-bond acceptors (Lipinski definition) is 4. The second-order valence-electron chi connectivity index (χ2n) is 7.02. The highest BCUT2D eigenvalue weighted by atomic mass is 127. The molecule has 164 valence electrons. The Balaban J connectivity index is 0.00000320. The number of rotatable bonds is 7. The van der Waals surface area contributed by atoms with E-state index in [9.17, 15) is 0 Å². The maximum absolute atomic E-state index is 6.09. The maximum Gasteiger partial charge on any atom is 0.193 e. The SMILES string of the molecule is CN=C(NCCc1cc(OC)ccc1OC)N1CCC(Oc2ccccc2)CC1.I. The number of ether oxygens (including phenoxy) is 3. The van der Waals surface area contributed by atoms with E-state index in [1.54, 1.807) is 14.2 Å². The maximum atomic E-state index is 6.09. The van der Waals surface area contributed by atoms with Crippen molar-refractivity contribution in [2.24, 2.45) is 4.99 Å². The molecule has 0 bridgehead atoms. The van der Waals surface area contributed by atoms with E-state index in [1.807, 2.05) is 55.6 Å². The highest BCUT2D eigenvalue weighted by Crippen LogP contribution is 2.24. The van der Waals surface area contributed by atoms with E-state index in [0.717, 1.165) is 67.7 Å². The smallest absolute Gasteiger partial charge is 0.193 e. The van der Waals surface area contributed by atoms with Crippen LogP contribution in [-0.4, -0.2) is 57.9 Å². The summed E-state index contributed by atoms with van der Waals surface area (Å²) in [6.07, 6.45) is 3.05. The highest BCUT2D eigenvalue weighted by molar-refractivity contribution is 14.0. The molecule has 1 saturated heterocycles. The van der Waals surface area contributed by atoms with Gasteiger partial charge in [-0.25, -0.2) is 0 Å². The summed E-state index contributed by atoms with van der Waals surface area (Å²) >= 11 is 0. The van der Waals surface area contributed by atoms with Crippen molar-refractivity contribution in [3.05, 3.63) is 54.1 Å². The molecule has 0 atom stereocenters. The minimum absolute atomic E-state index is 0. The second kappa shape index (κ2) is 12.5. The van der Waals surface area contributed by atoms with E-state index in [4.69, 9.17) is 14.2 Å². The first-order valence-corrected chi connectivity index (χ1v) is 10.1. The molecule has 7 heteroatoms. The molecule has 1 aliphatic heterocycles. The van der Waals surface area contributed by atoms with Crippen LogP contribution in [0.4, 0.5) is 0 Å². The van der Waals surface area contributed by atoms with Crippen LogP contribution < -0.4 is 19.5 Å². The molecule has 0 aromatic heterocycles. The second-order valence-corrected chi connectivity index (χ2v) is 7.02. The van der Waals surface area contributed by atoms with Crippen molar-refractivity contribution in [1.29, 1.82) is 0 Å². The van der Waals surface area contributed by atoms with Gasteiger partial charge in [0.2, 0.25) is 0 Å². The Labute approximate surface area is 196 Å². The van der Waals surface area contributed by atoms with Crippen LogP contribution >= 0.6 is 24.0 Å². The van der Waals surface area contributed by atoms with Crippen LogP contribution in [0.5, 0.6) is 17.2 Å². The number of aliphatic imine (C=N–C) groups is 1. The third-order valence-electron chi connectivity index (χ3n) is 5.16. The first-order valence-electron chi connectivity index (χ1n) is 10.1. The third kappa shape index (κ3) is 6.68. The van der Waals surface area contributed by atoms with Gasteiger partial charge in [0, 0.05) is 39.5 Å². The largest absolute Gasteiger partial charge is 0.497 e. The monoisotopic (exact) mass is 525 g/mol. The lowest BCUT2D eigenvalue weighted by molar-refractivity contribution is 0.129. The molecule has 0 spiro atoms. The Bertz CT molecular complexity index is 794. The van der Waals surface area contributed by atoms with Gasteiger partial charge in [0.1, 0.15) is 23.4 Å². The Morgan fingerprint density at radius 3 is 2.40 bits per heavy atom. The van der Waals surface area contributed by atoms with Crippen molar-refractivity contribution in [2.45, 2.75) is 25.4 Å². The van der Waals surface area contributed by atoms with Gasteiger partial charge in [0.15, 0.2) is 5.96 Å². The van der Waals surface area contributed by atoms with Crippen LogP contribution in [0.1, 0.15) is 18.4 Å². The van der Waals surface area contributed by atoms with Crippen molar-refractivity contribution >= 4 is 29.9 Å². The fourth-order valence-electron chi connectivity index (χ4n) is 3.60. The van der Waals surface area contributed by atoms with Gasteiger partial charge in [0.05, 0.1) is 14.2 Å². The Hall–Kier alpha value is -2.16. The Morgan fingerprint density at radius 1 is 1.03 bits per heavy atom. The first-order chi connectivity index (χ1) is 14.2. The normalized spacial score (nSPS) is 14.6. The summed E-state index contributed by atoms with van der Waals surface area (Å²) < 4.78 is 16.9. The van der Waals surface area contributed by atoms with Crippen molar-refractivity contribution in [2.75, 3.05) is 40.9 Å². The average Bonchev–Trinajstić information content (AvgIpc) is 2.78. The number of hydrogen-bond donors (Lipinski definition) is 1. The molecule has 0 radical (unpaired) electrons. The van der Waals surface area contributed by atoms with Gasteiger partial charge in [-0.05, 0) is 42.3 Å². The van der Waals surface area contributed by atoms with Gasteiger partial charge in [-0.15, -0.1) is 24.0 Å². The van der Waals surface area contributed by atoms with E-state index >= 15 is 0 Å². The van der Waals surface area contributed by atoms with E-state index in [1.165, 1.54) is 0 Å². The lowest BCUT2D eigenvalue weighted by Gasteiger charge is -2.34. The predicted molar refractivity (Wildman–Crippen MR) is 132 cm³/mol. The zero-order valence-corrected chi connectivity index (χ0v) is 20.3. The quantitative estimate of drug-likeness (QED) is 0.337. The summed E-state index contributed by atoms with van der Waals surface area (Å²) in [6.45, 7) is 2.63. The summed E-state index contributed by atoms with van der Waals surface area (Å²) in [4.78, 5) is 6.76. The molecule has 30 heavy (non-hydrogen) atoms. The number of guanidine groups is 1. The van der Waals surface area contributed by atoms with E-state index in [2.05, 4.69) is 15.2 Å². The van der Waals surface area contributed by atoms with Crippen LogP contribution in [0.15, 0.2) is 53.5 Å². The van der Waals surface area contributed by atoms with Gasteiger partial charge in [0.25, 0.3) is 0 Å². The molecule has 0 aliphatic carbocycles. The predicted octanol–water partition coefficient (Wildman–Crippen LogP) is 3.98. The van der Waals surface area contributed by atoms with Crippen LogP contribution in [0.25, 0.3) is 0 Å². The van der Waals surface area contributed by atoms with Gasteiger partial charge in [-0.3, -0.25) is 4.99 Å². The van der Waals surface area contributed by atoms with E-state index in [0.29, 0.717) is 0 Å².